The molecule has 0 bridgehead atoms. The van der Waals surface area contributed by atoms with E-state index in [1.54, 1.807) is 24.3 Å². The number of nitrogens with zero attached hydrogens (tertiary/aromatic N) is 2. The number of anilines is 1. The fourth-order valence-corrected chi connectivity index (χ4v) is 2.65. The number of hydrogen-bond donors (Lipinski definition) is 2. The van der Waals surface area contributed by atoms with E-state index in [1.807, 2.05) is 32.0 Å². The lowest BCUT2D eigenvalue weighted by Gasteiger charge is -2.10. The second-order valence-corrected chi connectivity index (χ2v) is 6.33. The Hall–Kier alpha value is -3.55. The molecule has 8 nitrogen and oxygen atoms in total. The fourth-order valence-electron chi connectivity index (χ4n) is 2.65. The maximum Gasteiger partial charge on any atom is 0.319 e. The van der Waals surface area contributed by atoms with Gasteiger partial charge >= 0.3 is 6.03 Å². The Labute approximate surface area is 155 Å². The summed E-state index contributed by atoms with van der Waals surface area (Å²) in [7, 11) is 0. The number of amides is 2. The molecule has 1 aliphatic rings. The van der Waals surface area contributed by atoms with Gasteiger partial charge < -0.3 is 24.6 Å². The zero-order valence-electron chi connectivity index (χ0n) is 14.9. The zero-order chi connectivity index (χ0) is 18.8. The predicted molar refractivity (Wildman–Crippen MR) is 98.6 cm³/mol. The average Bonchev–Trinajstić information content (AvgIpc) is 3.30. The van der Waals surface area contributed by atoms with E-state index in [9.17, 15) is 4.79 Å². The highest BCUT2D eigenvalue weighted by molar-refractivity contribution is 5.90. The fraction of sp³-hybridized carbons (Fsp3) is 0.211. The summed E-state index contributed by atoms with van der Waals surface area (Å²) in [5.74, 6) is 2.14. The lowest BCUT2D eigenvalue weighted by molar-refractivity contribution is 0.174. The maximum absolute atomic E-state index is 11.9. The van der Waals surface area contributed by atoms with Crippen molar-refractivity contribution in [2.75, 3.05) is 12.1 Å². The summed E-state index contributed by atoms with van der Waals surface area (Å²) in [4.78, 5) is 16.3. The molecule has 0 atom stereocenters. The Morgan fingerprint density at radius 1 is 1.07 bits per heavy atom. The Morgan fingerprint density at radius 3 is 2.78 bits per heavy atom. The van der Waals surface area contributed by atoms with Crippen LogP contribution in [0.4, 0.5) is 10.5 Å². The molecule has 0 spiro atoms. The molecule has 4 rings (SSSR count). The van der Waals surface area contributed by atoms with Gasteiger partial charge in [0, 0.05) is 22.9 Å². The van der Waals surface area contributed by atoms with E-state index in [4.69, 9.17) is 14.0 Å². The first-order valence-electron chi connectivity index (χ1n) is 8.50. The summed E-state index contributed by atoms with van der Waals surface area (Å²) < 4.78 is 16.1. The van der Waals surface area contributed by atoms with E-state index in [0.717, 1.165) is 11.1 Å². The molecule has 0 saturated carbocycles. The SMILES string of the molecule is CC(C)NC(=O)Nc1cccc(-c2noc(-c3ccc4c(c3)OCO4)n2)c1. The van der Waals surface area contributed by atoms with Gasteiger partial charge in [0.2, 0.25) is 12.6 Å². The summed E-state index contributed by atoms with van der Waals surface area (Å²) in [5, 5.41) is 9.60. The number of aromatic nitrogens is 2. The van der Waals surface area contributed by atoms with Crippen molar-refractivity contribution < 1.29 is 18.8 Å². The molecule has 0 unspecified atom stereocenters. The van der Waals surface area contributed by atoms with Gasteiger partial charge in [-0.1, -0.05) is 17.3 Å². The van der Waals surface area contributed by atoms with E-state index >= 15 is 0 Å². The quantitative estimate of drug-likeness (QED) is 0.731. The van der Waals surface area contributed by atoms with Crippen LogP contribution in [0.2, 0.25) is 0 Å². The first kappa shape index (κ1) is 16.9. The molecule has 1 aliphatic heterocycles. The molecule has 0 aliphatic carbocycles. The minimum Gasteiger partial charge on any atom is -0.454 e. The van der Waals surface area contributed by atoms with Crippen LogP contribution in [0.3, 0.4) is 0 Å². The van der Waals surface area contributed by atoms with Crippen molar-refractivity contribution in [2.45, 2.75) is 19.9 Å². The second-order valence-electron chi connectivity index (χ2n) is 6.33. The summed E-state index contributed by atoms with van der Waals surface area (Å²) in [5.41, 5.74) is 2.11. The third-order valence-electron chi connectivity index (χ3n) is 3.84. The van der Waals surface area contributed by atoms with Gasteiger partial charge in [-0.25, -0.2) is 4.79 Å². The summed E-state index contributed by atoms with van der Waals surface area (Å²) in [6, 6.07) is 12.5. The summed E-state index contributed by atoms with van der Waals surface area (Å²) in [6.45, 7) is 4.00. The van der Waals surface area contributed by atoms with Crippen LogP contribution in [-0.2, 0) is 0 Å². The number of urea groups is 1. The van der Waals surface area contributed by atoms with Gasteiger partial charge in [0.1, 0.15) is 0 Å². The molecule has 3 aromatic rings. The highest BCUT2D eigenvalue weighted by atomic mass is 16.7. The monoisotopic (exact) mass is 366 g/mol. The van der Waals surface area contributed by atoms with Crippen molar-refractivity contribution in [3.63, 3.8) is 0 Å². The lowest BCUT2D eigenvalue weighted by atomic mass is 10.2. The highest BCUT2D eigenvalue weighted by Gasteiger charge is 2.17. The van der Waals surface area contributed by atoms with Crippen molar-refractivity contribution in [3.05, 3.63) is 42.5 Å². The number of benzene rings is 2. The Morgan fingerprint density at radius 2 is 1.93 bits per heavy atom. The standard InChI is InChI=1S/C19H18N4O4/c1-11(2)20-19(24)21-14-5-3-4-12(8-14)17-22-18(27-23-17)13-6-7-15-16(9-13)26-10-25-15/h3-9,11H,10H2,1-2H3,(H2,20,21,24). The van der Waals surface area contributed by atoms with Crippen LogP contribution in [0.5, 0.6) is 11.5 Å². The second kappa shape index (κ2) is 6.99. The predicted octanol–water partition coefficient (Wildman–Crippen LogP) is 3.66. The molecule has 2 aromatic carbocycles. The number of hydrogen-bond acceptors (Lipinski definition) is 6. The molecule has 0 radical (unpaired) electrons. The van der Waals surface area contributed by atoms with Gasteiger partial charge in [-0.2, -0.15) is 4.98 Å². The molecule has 1 aromatic heterocycles. The minimum atomic E-state index is -0.267. The van der Waals surface area contributed by atoms with E-state index in [0.29, 0.717) is 28.9 Å². The number of fused-ring (bicyclic) bond motifs is 1. The van der Waals surface area contributed by atoms with Crippen molar-refractivity contribution >= 4 is 11.7 Å². The molecule has 8 heteroatoms. The van der Waals surface area contributed by atoms with Crippen LogP contribution in [0.25, 0.3) is 22.8 Å². The van der Waals surface area contributed by atoms with Crippen LogP contribution < -0.4 is 20.1 Å². The van der Waals surface area contributed by atoms with Gasteiger partial charge in [-0.15, -0.1) is 0 Å². The number of nitrogens with one attached hydrogen (secondary N) is 2. The van der Waals surface area contributed by atoms with Gasteiger partial charge in [0.15, 0.2) is 11.5 Å². The molecule has 0 fully saturated rings. The molecule has 0 saturated heterocycles. The third-order valence-corrected chi connectivity index (χ3v) is 3.84. The van der Waals surface area contributed by atoms with E-state index < -0.39 is 0 Å². The third kappa shape index (κ3) is 3.69. The van der Waals surface area contributed by atoms with Crippen LogP contribution in [0.15, 0.2) is 47.0 Å². The molecule has 27 heavy (non-hydrogen) atoms. The number of carbonyl (C=O) groups excluding carboxylic acids is 1. The number of ether oxygens (including phenoxy) is 2. The normalized spacial score (nSPS) is 12.3. The topological polar surface area (TPSA) is 98.5 Å². The largest absolute Gasteiger partial charge is 0.454 e. The van der Waals surface area contributed by atoms with E-state index in [-0.39, 0.29) is 18.9 Å². The maximum atomic E-state index is 11.9. The Kier molecular flexibility index (Phi) is 4.37. The molecule has 2 amide bonds. The lowest BCUT2D eigenvalue weighted by Crippen LogP contribution is -2.34. The first-order chi connectivity index (χ1) is 13.1. The zero-order valence-corrected chi connectivity index (χ0v) is 14.9. The molecular formula is C19H18N4O4. The van der Waals surface area contributed by atoms with Gasteiger partial charge in [-0.3, -0.25) is 0 Å². The first-order valence-corrected chi connectivity index (χ1v) is 8.50. The molecule has 2 heterocycles. The summed E-state index contributed by atoms with van der Waals surface area (Å²) in [6.07, 6.45) is 0. The van der Waals surface area contributed by atoms with E-state index in [1.165, 1.54) is 0 Å². The van der Waals surface area contributed by atoms with Crippen LogP contribution in [0.1, 0.15) is 13.8 Å². The van der Waals surface area contributed by atoms with E-state index in [2.05, 4.69) is 20.8 Å². The number of rotatable bonds is 4. The molecule has 138 valence electrons. The van der Waals surface area contributed by atoms with Crippen molar-refractivity contribution in [2.24, 2.45) is 0 Å². The average molecular weight is 366 g/mol. The van der Waals surface area contributed by atoms with Crippen LogP contribution in [-0.4, -0.2) is 29.0 Å². The van der Waals surface area contributed by atoms with Crippen molar-refractivity contribution in [1.29, 1.82) is 0 Å². The molecular weight excluding hydrogens is 348 g/mol. The van der Waals surface area contributed by atoms with Crippen LogP contribution in [0, 0.1) is 0 Å². The van der Waals surface area contributed by atoms with Gasteiger partial charge in [0.25, 0.3) is 5.89 Å². The highest BCUT2D eigenvalue weighted by Crippen LogP contribution is 2.35. The van der Waals surface area contributed by atoms with Gasteiger partial charge in [-0.05, 0) is 44.2 Å². The molecule has 2 N–H and O–H groups in total. The smallest absolute Gasteiger partial charge is 0.319 e. The van der Waals surface area contributed by atoms with Crippen LogP contribution >= 0.6 is 0 Å². The van der Waals surface area contributed by atoms with Gasteiger partial charge in [0.05, 0.1) is 0 Å². The summed E-state index contributed by atoms with van der Waals surface area (Å²) >= 11 is 0. The minimum absolute atomic E-state index is 0.0506. The Balaban J connectivity index is 1.55. The number of carbonyl (C=O) groups is 1. The van der Waals surface area contributed by atoms with Crippen molar-refractivity contribution in [3.8, 4) is 34.3 Å². The Bertz CT molecular complexity index is 983. The van der Waals surface area contributed by atoms with Crippen molar-refractivity contribution in [1.82, 2.24) is 15.5 Å².